The first kappa shape index (κ1) is 31.3. The first-order chi connectivity index (χ1) is 12.3. The number of aryl methyl sites for hydroxylation is 1. The summed E-state index contributed by atoms with van der Waals surface area (Å²) < 4.78 is 52.4. The van der Waals surface area contributed by atoms with Crippen LogP contribution < -0.4 is 0 Å². The zero-order valence-corrected chi connectivity index (χ0v) is 17.6. The summed E-state index contributed by atoms with van der Waals surface area (Å²) >= 11 is 0. The second-order valence-corrected chi connectivity index (χ2v) is 10.2. The van der Waals surface area contributed by atoms with Gasteiger partial charge in [-0.2, -0.15) is 16.8 Å². The molecule has 0 saturated carbocycles. The minimum absolute atomic E-state index is 0. The van der Waals surface area contributed by atoms with Crippen molar-refractivity contribution in [3.63, 3.8) is 0 Å². The molecule has 0 aliphatic carbocycles. The Labute approximate surface area is 216 Å². The maximum absolute atomic E-state index is 12.0. The second kappa shape index (κ2) is 16.7. The predicted molar refractivity (Wildman–Crippen MR) is 119 cm³/mol. The summed E-state index contributed by atoms with van der Waals surface area (Å²) in [5.41, 5.74) is 0.886. The Kier molecular flexibility index (Phi) is 18.7. The normalized spacial score (nSPS) is 11.5. The Morgan fingerprint density at radius 3 is 1.61 bits per heavy atom. The van der Waals surface area contributed by atoms with Gasteiger partial charge in [-0.15, -0.1) is 3.63 Å². The molecule has 0 aromatic heterocycles. The van der Waals surface area contributed by atoms with Gasteiger partial charge in [-0.1, -0.05) is 82.4 Å². The third-order valence-corrected chi connectivity index (χ3v) is 7.43. The van der Waals surface area contributed by atoms with Gasteiger partial charge in [-0.3, -0.25) is 0 Å². The average Bonchev–Trinajstić information content (AvgIpc) is 2.56. The molecule has 0 saturated heterocycles. The van der Waals surface area contributed by atoms with E-state index < -0.39 is 20.2 Å². The molecule has 1 aromatic carbocycles. The summed E-state index contributed by atoms with van der Waals surface area (Å²) in [7, 11) is -8.38. The van der Waals surface area contributed by atoms with Crippen molar-refractivity contribution in [2.45, 2.75) is 83.0 Å². The fraction of sp³-hybridized carbons (Fsp3) is 0.684. The van der Waals surface area contributed by atoms with E-state index in [4.69, 9.17) is 0 Å². The van der Waals surface area contributed by atoms with Crippen LogP contribution in [0.25, 0.3) is 0 Å². The molecule has 0 aliphatic rings. The van der Waals surface area contributed by atoms with Gasteiger partial charge >= 0.3 is 69.2 Å². The Morgan fingerprint density at radius 1 is 0.714 bits per heavy atom. The van der Waals surface area contributed by atoms with E-state index in [1.807, 2.05) is 6.92 Å². The summed E-state index contributed by atoms with van der Waals surface area (Å²) in [4.78, 5) is -0.144. The molecule has 154 valence electrons. The first-order valence-electron chi connectivity index (χ1n) is 9.52. The van der Waals surface area contributed by atoms with Crippen LogP contribution in [-0.2, 0) is 23.9 Å². The van der Waals surface area contributed by atoms with Crippen LogP contribution in [0.4, 0.5) is 0 Å². The molecule has 9 heteroatoms. The van der Waals surface area contributed by atoms with Crippen LogP contribution in [0.1, 0.15) is 76.7 Å². The standard InChI is InChI=1S/C19H32O5S2.2Na.2H/c1-3-4-5-6-7-8-9-10-11-12-17-25(20,21)24-26(22,23)19-15-13-18(2)14-16-19;;;;/h13-16H,3-12,17H2,1-2H3;;;;. The molecule has 0 amide bonds. The predicted octanol–water partition coefficient (Wildman–Crippen LogP) is 3.65. The van der Waals surface area contributed by atoms with Gasteiger partial charge in [0.2, 0.25) is 0 Å². The van der Waals surface area contributed by atoms with Crippen LogP contribution in [-0.4, -0.2) is 81.7 Å². The number of hydrogen-bond donors (Lipinski definition) is 0. The van der Waals surface area contributed by atoms with Crippen molar-refractivity contribution >= 4 is 79.4 Å². The molecular formula is C19H34Na2O5S2. The summed E-state index contributed by atoms with van der Waals surface area (Å²) in [6, 6.07) is 5.90. The van der Waals surface area contributed by atoms with Gasteiger partial charge in [0.1, 0.15) is 0 Å². The van der Waals surface area contributed by atoms with Crippen molar-refractivity contribution in [1.82, 2.24) is 0 Å². The van der Waals surface area contributed by atoms with E-state index in [2.05, 4.69) is 10.6 Å². The molecule has 0 unspecified atom stereocenters. The van der Waals surface area contributed by atoms with Gasteiger partial charge in [0, 0.05) is 0 Å². The number of hydrogen-bond acceptors (Lipinski definition) is 5. The molecule has 0 bridgehead atoms. The molecule has 28 heavy (non-hydrogen) atoms. The summed E-state index contributed by atoms with van der Waals surface area (Å²) in [5.74, 6) is -0.269. The van der Waals surface area contributed by atoms with E-state index in [0.29, 0.717) is 6.42 Å². The third-order valence-electron chi connectivity index (χ3n) is 4.25. The first-order valence-corrected chi connectivity index (χ1v) is 12.5. The molecule has 0 spiro atoms. The van der Waals surface area contributed by atoms with Gasteiger partial charge in [-0.05, 0) is 25.5 Å². The van der Waals surface area contributed by atoms with E-state index in [9.17, 15) is 16.8 Å². The van der Waals surface area contributed by atoms with Crippen molar-refractivity contribution < 1.29 is 20.5 Å². The van der Waals surface area contributed by atoms with Gasteiger partial charge in [0.15, 0.2) is 0 Å². The Morgan fingerprint density at radius 2 is 1.14 bits per heavy atom. The zero-order chi connectivity index (χ0) is 19.5. The van der Waals surface area contributed by atoms with E-state index in [-0.39, 0.29) is 69.8 Å². The van der Waals surface area contributed by atoms with Crippen molar-refractivity contribution in [2.75, 3.05) is 5.75 Å². The van der Waals surface area contributed by atoms with Crippen molar-refractivity contribution in [1.29, 1.82) is 0 Å². The average molecular weight is 453 g/mol. The molecule has 1 aromatic rings. The molecule has 0 heterocycles. The third kappa shape index (κ3) is 14.1. The Bertz CT molecular complexity index is 717. The molecular weight excluding hydrogens is 418 g/mol. The van der Waals surface area contributed by atoms with Gasteiger partial charge < -0.3 is 0 Å². The van der Waals surface area contributed by atoms with Crippen LogP contribution in [0.3, 0.4) is 0 Å². The molecule has 0 aliphatic heterocycles. The van der Waals surface area contributed by atoms with Crippen LogP contribution in [0.15, 0.2) is 29.2 Å². The zero-order valence-electron chi connectivity index (χ0n) is 15.9. The molecule has 5 nitrogen and oxygen atoms in total. The SMILES string of the molecule is CCCCCCCCCCCCS(=O)(=O)OS(=O)(=O)c1ccc(C)cc1.[NaH].[NaH]. The number of unbranched alkanes of at least 4 members (excludes halogenated alkanes) is 9. The molecule has 0 radical (unpaired) electrons. The van der Waals surface area contributed by atoms with E-state index in [1.165, 1.54) is 50.7 Å². The van der Waals surface area contributed by atoms with Crippen LogP contribution in [0, 0.1) is 6.92 Å². The molecule has 0 N–H and O–H groups in total. The second-order valence-electron chi connectivity index (χ2n) is 6.78. The molecule has 1 rings (SSSR count). The summed E-state index contributed by atoms with van der Waals surface area (Å²) in [6.07, 6.45) is 10.8. The minimum atomic E-state index is -4.29. The summed E-state index contributed by atoms with van der Waals surface area (Å²) in [6.45, 7) is 4.02. The van der Waals surface area contributed by atoms with E-state index in [0.717, 1.165) is 24.8 Å². The van der Waals surface area contributed by atoms with Crippen molar-refractivity contribution in [2.24, 2.45) is 0 Å². The maximum atomic E-state index is 12.0. The van der Waals surface area contributed by atoms with Crippen molar-refractivity contribution in [3.8, 4) is 0 Å². The van der Waals surface area contributed by atoms with Gasteiger partial charge in [0.05, 0.1) is 10.6 Å². The monoisotopic (exact) mass is 452 g/mol. The van der Waals surface area contributed by atoms with Crippen LogP contribution >= 0.6 is 0 Å². The van der Waals surface area contributed by atoms with Crippen molar-refractivity contribution in [3.05, 3.63) is 29.8 Å². The summed E-state index contributed by atoms with van der Waals surface area (Å²) in [5, 5.41) is 0. The van der Waals surface area contributed by atoms with Crippen LogP contribution in [0.5, 0.6) is 0 Å². The topological polar surface area (TPSA) is 77.5 Å². The Hall–Kier alpha value is 1.08. The molecule has 0 fully saturated rings. The molecule has 0 atom stereocenters. The number of benzene rings is 1. The van der Waals surface area contributed by atoms with E-state index in [1.54, 1.807) is 12.1 Å². The van der Waals surface area contributed by atoms with Gasteiger partial charge in [0.25, 0.3) is 10.1 Å². The van der Waals surface area contributed by atoms with Crippen LogP contribution in [0.2, 0.25) is 0 Å². The number of rotatable bonds is 14. The Balaban J connectivity index is 0. The fourth-order valence-corrected chi connectivity index (χ4v) is 5.39. The fourth-order valence-electron chi connectivity index (χ4n) is 2.68. The quantitative estimate of drug-likeness (QED) is 0.318. The van der Waals surface area contributed by atoms with E-state index >= 15 is 0 Å². The van der Waals surface area contributed by atoms with Gasteiger partial charge in [-0.25, -0.2) is 0 Å².